The van der Waals surface area contributed by atoms with E-state index in [0.29, 0.717) is 23.7 Å². The number of urea groups is 1. The monoisotopic (exact) mass is 291 g/mol. The van der Waals surface area contributed by atoms with Crippen LogP contribution < -0.4 is 15.4 Å². The lowest BCUT2D eigenvalue weighted by Gasteiger charge is -2.08. The standard InChI is InChI=1S/C14H14ClN3O2/c15-12-3-1-2-4-13(12)17-14(19)16-8-5-11-6-9-18(20)10-7-11/h1-4,6-7,9-10H,5,8H2,(H2,16,17,19). The Morgan fingerprint density at radius 1 is 1.20 bits per heavy atom. The Morgan fingerprint density at radius 2 is 1.90 bits per heavy atom. The van der Waals surface area contributed by atoms with Crippen molar-refractivity contribution in [1.29, 1.82) is 0 Å². The smallest absolute Gasteiger partial charge is 0.319 e. The fraction of sp³-hybridized carbons (Fsp3) is 0.143. The molecule has 0 spiro atoms. The minimum Gasteiger partial charge on any atom is -0.619 e. The van der Waals surface area contributed by atoms with Crippen LogP contribution in [0.1, 0.15) is 5.56 Å². The van der Waals surface area contributed by atoms with Crippen molar-refractivity contribution in [2.24, 2.45) is 0 Å². The number of halogens is 1. The summed E-state index contributed by atoms with van der Waals surface area (Å²) in [4.78, 5) is 11.7. The Hall–Kier alpha value is -2.27. The zero-order chi connectivity index (χ0) is 14.4. The Morgan fingerprint density at radius 3 is 2.60 bits per heavy atom. The molecule has 104 valence electrons. The highest BCUT2D eigenvalue weighted by atomic mass is 35.5. The number of nitrogens with zero attached hydrogens (tertiary/aromatic N) is 1. The molecule has 0 bridgehead atoms. The minimum atomic E-state index is -0.312. The van der Waals surface area contributed by atoms with E-state index >= 15 is 0 Å². The van der Waals surface area contributed by atoms with Crippen LogP contribution in [0.15, 0.2) is 48.8 Å². The van der Waals surface area contributed by atoms with Crippen LogP contribution in [-0.4, -0.2) is 12.6 Å². The average molecular weight is 292 g/mol. The summed E-state index contributed by atoms with van der Waals surface area (Å²) in [6.07, 6.45) is 3.51. The lowest BCUT2D eigenvalue weighted by atomic mass is 10.2. The summed E-state index contributed by atoms with van der Waals surface area (Å²) in [5.74, 6) is 0. The Balaban J connectivity index is 1.78. The zero-order valence-corrected chi connectivity index (χ0v) is 11.4. The van der Waals surface area contributed by atoms with Crippen LogP contribution in [0.2, 0.25) is 5.02 Å². The second-order valence-corrected chi connectivity index (χ2v) is 4.58. The topological polar surface area (TPSA) is 68.1 Å². The lowest BCUT2D eigenvalue weighted by Crippen LogP contribution is -2.30. The van der Waals surface area contributed by atoms with Gasteiger partial charge in [-0.1, -0.05) is 23.7 Å². The summed E-state index contributed by atoms with van der Waals surface area (Å²) in [6.45, 7) is 0.471. The van der Waals surface area contributed by atoms with Crippen molar-refractivity contribution < 1.29 is 9.52 Å². The molecule has 2 rings (SSSR count). The molecule has 2 amide bonds. The summed E-state index contributed by atoms with van der Waals surface area (Å²) in [6, 6.07) is 10.2. The van der Waals surface area contributed by atoms with E-state index in [1.54, 1.807) is 36.4 Å². The molecule has 0 aliphatic heterocycles. The molecule has 0 saturated heterocycles. The normalized spacial score (nSPS) is 10.1. The van der Waals surface area contributed by atoms with E-state index in [-0.39, 0.29) is 6.03 Å². The second-order valence-electron chi connectivity index (χ2n) is 4.18. The first kappa shape index (κ1) is 14.1. The van der Waals surface area contributed by atoms with E-state index in [1.807, 2.05) is 0 Å². The number of rotatable bonds is 4. The SMILES string of the molecule is O=C(NCCc1cc[n+]([O-])cc1)Nc1ccccc1Cl. The molecular weight excluding hydrogens is 278 g/mol. The summed E-state index contributed by atoms with van der Waals surface area (Å²) < 4.78 is 0.723. The van der Waals surface area contributed by atoms with Gasteiger partial charge in [0.05, 0.1) is 10.7 Å². The molecule has 0 atom stereocenters. The molecule has 0 aliphatic rings. The zero-order valence-electron chi connectivity index (χ0n) is 10.7. The molecule has 5 nitrogen and oxygen atoms in total. The van der Waals surface area contributed by atoms with Crippen molar-refractivity contribution in [2.45, 2.75) is 6.42 Å². The van der Waals surface area contributed by atoms with Gasteiger partial charge in [-0.05, 0) is 24.1 Å². The highest BCUT2D eigenvalue weighted by Crippen LogP contribution is 2.19. The number of carbonyl (C=O) groups is 1. The Bertz CT molecular complexity index is 587. The molecule has 0 aliphatic carbocycles. The third kappa shape index (κ3) is 4.13. The number of nitrogens with one attached hydrogen (secondary N) is 2. The van der Waals surface area contributed by atoms with Crippen molar-refractivity contribution in [3.05, 3.63) is 64.6 Å². The molecule has 1 aromatic heterocycles. The van der Waals surface area contributed by atoms with E-state index in [0.717, 1.165) is 10.3 Å². The van der Waals surface area contributed by atoms with Gasteiger partial charge in [-0.3, -0.25) is 0 Å². The van der Waals surface area contributed by atoms with Gasteiger partial charge in [0.25, 0.3) is 0 Å². The number of carbonyl (C=O) groups excluding carboxylic acids is 1. The van der Waals surface area contributed by atoms with Gasteiger partial charge in [0.1, 0.15) is 0 Å². The minimum absolute atomic E-state index is 0.312. The number of para-hydroxylation sites is 1. The highest BCUT2D eigenvalue weighted by molar-refractivity contribution is 6.33. The first-order chi connectivity index (χ1) is 9.65. The van der Waals surface area contributed by atoms with Gasteiger partial charge in [-0.2, -0.15) is 4.73 Å². The number of aromatic nitrogens is 1. The number of hydrogen-bond donors (Lipinski definition) is 2. The summed E-state index contributed by atoms with van der Waals surface area (Å²) >= 11 is 5.94. The molecule has 0 unspecified atom stereocenters. The second kappa shape index (κ2) is 6.77. The van der Waals surface area contributed by atoms with Crippen LogP contribution in [0, 0.1) is 5.21 Å². The van der Waals surface area contributed by atoms with Crippen LogP contribution >= 0.6 is 11.6 Å². The number of hydrogen-bond acceptors (Lipinski definition) is 2. The predicted octanol–water partition coefficient (Wildman–Crippen LogP) is 2.34. The molecule has 0 saturated carbocycles. The van der Waals surface area contributed by atoms with Crippen molar-refractivity contribution in [2.75, 3.05) is 11.9 Å². The molecule has 0 fully saturated rings. The molecule has 2 aromatic rings. The quantitative estimate of drug-likeness (QED) is 0.670. The third-order valence-electron chi connectivity index (χ3n) is 2.69. The largest absolute Gasteiger partial charge is 0.619 e. The van der Waals surface area contributed by atoms with Crippen LogP contribution in [0.4, 0.5) is 10.5 Å². The summed E-state index contributed by atoms with van der Waals surface area (Å²) in [5.41, 5.74) is 1.55. The highest BCUT2D eigenvalue weighted by Gasteiger charge is 2.04. The molecule has 1 heterocycles. The van der Waals surface area contributed by atoms with Crippen LogP contribution in [0.3, 0.4) is 0 Å². The van der Waals surface area contributed by atoms with Crippen LogP contribution in [0.25, 0.3) is 0 Å². The molecular formula is C14H14ClN3O2. The maximum Gasteiger partial charge on any atom is 0.319 e. The van der Waals surface area contributed by atoms with Gasteiger partial charge in [0.2, 0.25) is 0 Å². The lowest BCUT2D eigenvalue weighted by molar-refractivity contribution is -0.605. The van der Waals surface area contributed by atoms with Crippen LogP contribution in [-0.2, 0) is 6.42 Å². The number of benzene rings is 1. The first-order valence-electron chi connectivity index (χ1n) is 6.12. The summed E-state index contributed by atoms with van der Waals surface area (Å²) in [7, 11) is 0. The van der Waals surface area contributed by atoms with E-state index in [9.17, 15) is 10.0 Å². The third-order valence-corrected chi connectivity index (χ3v) is 3.02. The fourth-order valence-electron chi connectivity index (χ4n) is 1.66. The molecule has 0 radical (unpaired) electrons. The van der Waals surface area contributed by atoms with Gasteiger partial charge in [0, 0.05) is 18.7 Å². The van der Waals surface area contributed by atoms with Crippen LogP contribution in [0.5, 0.6) is 0 Å². The number of amides is 2. The predicted molar refractivity (Wildman–Crippen MR) is 77.6 cm³/mol. The van der Waals surface area contributed by atoms with Crippen molar-refractivity contribution >= 4 is 23.3 Å². The average Bonchev–Trinajstić information content (AvgIpc) is 2.44. The number of pyridine rings is 1. The maximum atomic E-state index is 11.7. The summed E-state index contributed by atoms with van der Waals surface area (Å²) in [5, 5.41) is 16.8. The van der Waals surface area contributed by atoms with Gasteiger partial charge >= 0.3 is 6.03 Å². The van der Waals surface area contributed by atoms with Crippen molar-refractivity contribution in [1.82, 2.24) is 5.32 Å². The van der Waals surface area contributed by atoms with Crippen molar-refractivity contribution in [3.63, 3.8) is 0 Å². The van der Waals surface area contributed by atoms with E-state index in [1.165, 1.54) is 12.4 Å². The fourth-order valence-corrected chi connectivity index (χ4v) is 1.84. The molecule has 1 aromatic carbocycles. The van der Waals surface area contributed by atoms with E-state index in [4.69, 9.17) is 11.6 Å². The Kier molecular flexibility index (Phi) is 4.79. The van der Waals surface area contributed by atoms with E-state index < -0.39 is 0 Å². The van der Waals surface area contributed by atoms with Crippen molar-refractivity contribution in [3.8, 4) is 0 Å². The van der Waals surface area contributed by atoms with Gasteiger partial charge < -0.3 is 15.8 Å². The molecule has 2 N–H and O–H groups in total. The Labute approximate surface area is 121 Å². The first-order valence-corrected chi connectivity index (χ1v) is 6.50. The molecule has 6 heteroatoms. The van der Waals surface area contributed by atoms with Gasteiger partial charge in [-0.15, -0.1) is 0 Å². The van der Waals surface area contributed by atoms with Gasteiger partial charge in [0.15, 0.2) is 12.4 Å². The molecule has 20 heavy (non-hydrogen) atoms. The number of anilines is 1. The van der Waals surface area contributed by atoms with E-state index in [2.05, 4.69) is 10.6 Å². The maximum absolute atomic E-state index is 11.7. The van der Waals surface area contributed by atoms with Gasteiger partial charge in [-0.25, -0.2) is 4.79 Å².